The van der Waals surface area contributed by atoms with E-state index in [1.54, 1.807) is 20.8 Å². The Hall–Kier alpha value is -2.02. The first-order chi connectivity index (χ1) is 8.62. The third-order valence-corrected chi connectivity index (χ3v) is 2.63. The molecule has 1 aromatic rings. The van der Waals surface area contributed by atoms with Crippen molar-refractivity contribution in [2.24, 2.45) is 11.1 Å². The number of nitrogens with zero attached hydrogens (tertiary/aromatic N) is 1. The minimum atomic E-state index is -0.865. The average molecular weight is 269 g/mol. The van der Waals surface area contributed by atoms with Crippen molar-refractivity contribution < 1.29 is 14.1 Å². The van der Waals surface area contributed by atoms with Crippen LogP contribution >= 0.6 is 0 Å². The number of anilines is 1. The molecule has 0 heterocycles. The summed E-state index contributed by atoms with van der Waals surface area (Å²) in [5.74, 6) is -1.27. The van der Waals surface area contributed by atoms with Crippen LogP contribution in [-0.2, 0) is 4.79 Å². The van der Waals surface area contributed by atoms with Crippen LogP contribution in [-0.4, -0.2) is 16.9 Å². The van der Waals surface area contributed by atoms with Gasteiger partial charge in [0.15, 0.2) is 0 Å². The zero-order valence-electron chi connectivity index (χ0n) is 10.9. The van der Waals surface area contributed by atoms with Gasteiger partial charge in [-0.2, -0.15) is 0 Å². The second-order valence-corrected chi connectivity index (χ2v) is 5.25. The van der Waals surface area contributed by atoms with E-state index in [4.69, 9.17) is 5.73 Å². The minimum Gasteiger partial charge on any atom is -0.319 e. The molecule has 0 aliphatic rings. The van der Waals surface area contributed by atoms with Gasteiger partial charge >= 0.3 is 0 Å². The Morgan fingerprint density at radius 1 is 1.47 bits per heavy atom. The van der Waals surface area contributed by atoms with Crippen LogP contribution in [0.2, 0.25) is 0 Å². The number of hydrogen-bond acceptors (Lipinski definition) is 4. The summed E-state index contributed by atoms with van der Waals surface area (Å²) >= 11 is 0. The van der Waals surface area contributed by atoms with Gasteiger partial charge in [-0.15, -0.1) is 0 Å². The van der Waals surface area contributed by atoms with Gasteiger partial charge in [-0.25, -0.2) is 4.39 Å². The van der Waals surface area contributed by atoms with Crippen LogP contribution in [0.1, 0.15) is 20.8 Å². The normalized spacial score (nSPS) is 12.9. The number of rotatable bonds is 3. The molecule has 0 spiro atoms. The fourth-order valence-corrected chi connectivity index (χ4v) is 1.37. The highest BCUT2D eigenvalue weighted by atomic mass is 19.1. The van der Waals surface area contributed by atoms with Crippen LogP contribution in [0, 0.1) is 21.3 Å². The van der Waals surface area contributed by atoms with E-state index in [1.165, 1.54) is 0 Å². The maximum Gasteiger partial charge on any atom is 0.292 e. The molecule has 104 valence electrons. The molecule has 1 aromatic carbocycles. The smallest absolute Gasteiger partial charge is 0.292 e. The predicted octanol–water partition coefficient (Wildman–Crippen LogP) is 2.05. The van der Waals surface area contributed by atoms with Crippen molar-refractivity contribution >= 4 is 17.3 Å². The monoisotopic (exact) mass is 269 g/mol. The van der Waals surface area contributed by atoms with Gasteiger partial charge in [-0.1, -0.05) is 20.8 Å². The Kier molecular flexibility index (Phi) is 4.21. The molecular weight excluding hydrogens is 253 g/mol. The highest BCUT2D eigenvalue weighted by Gasteiger charge is 2.29. The highest BCUT2D eigenvalue weighted by molar-refractivity contribution is 5.97. The Morgan fingerprint density at radius 2 is 2.05 bits per heavy atom. The Labute approximate surface area is 109 Å². The van der Waals surface area contributed by atoms with Gasteiger partial charge in [-0.05, 0) is 11.5 Å². The fourth-order valence-electron chi connectivity index (χ4n) is 1.37. The standard InChI is InChI=1S/C12H16FN3O3/c1-12(2,3)10(14)11(17)15-8-6-7(13)4-5-9(8)16(18)19/h4-6,10H,14H2,1-3H3,(H,15,17)/t10-/m0/s1. The van der Waals surface area contributed by atoms with Crippen LogP contribution in [0.25, 0.3) is 0 Å². The second-order valence-electron chi connectivity index (χ2n) is 5.25. The molecule has 0 radical (unpaired) electrons. The molecule has 0 saturated heterocycles. The Balaban J connectivity index is 3.02. The first-order valence-electron chi connectivity index (χ1n) is 5.63. The van der Waals surface area contributed by atoms with Crippen molar-refractivity contribution in [3.05, 3.63) is 34.1 Å². The fraction of sp³-hybridized carbons (Fsp3) is 0.417. The van der Waals surface area contributed by atoms with E-state index in [-0.39, 0.29) is 11.4 Å². The maximum atomic E-state index is 13.1. The first kappa shape index (κ1) is 15.0. The summed E-state index contributed by atoms with van der Waals surface area (Å²) in [5, 5.41) is 13.1. The lowest BCUT2D eigenvalue weighted by Crippen LogP contribution is -2.45. The summed E-state index contributed by atoms with van der Waals surface area (Å²) in [4.78, 5) is 21.9. The van der Waals surface area contributed by atoms with Crippen molar-refractivity contribution in [3.8, 4) is 0 Å². The number of nitrogens with one attached hydrogen (secondary N) is 1. The van der Waals surface area contributed by atoms with Crippen molar-refractivity contribution in [2.75, 3.05) is 5.32 Å². The molecule has 0 aromatic heterocycles. The number of nitrogens with two attached hydrogens (primary N) is 1. The zero-order chi connectivity index (χ0) is 14.8. The summed E-state index contributed by atoms with van der Waals surface area (Å²) < 4.78 is 13.1. The van der Waals surface area contributed by atoms with E-state index in [0.29, 0.717) is 0 Å². The number of carbonyl (C=O) groups excluding carboxylic acids is 1. The highest BCUT2D eigenvalue weighted by Crippen LogP contribution is 2.26. The topological polar surface area (TPSA) is 98.3 Å². The number of nitro benzene ring substituents is 1. The van der Waals surface area contributed by atoms with Gasteiger partial charge in [-0.3, -0.25) is 14.9 Å². The van der Waals surface area contributed by atoms with E-state index in [1.807, 2.05) is 0 Å². The van der Waals surface area contributed by atoms with Crippen LogP contribution in [0.4, 0.5) is 15.8 Å². The van der Waals surface area contributed by atoms with Crippen LogP contribution in [0.5, 0.6) is 0 Å². The number of amides is 1. The largest absolute Gasteiger partial charge is 0.319 e. The van der Waals surface area contributed by atoms with Gasteiger partial charge in [0.2, 0.25) is 5.91 Å². The van der Waals surface area contributed by atoms with E-state index < -0.39 is 28.1 Å². The van der Waals surface area contributed by atoms with E-state index in [2.05, 4.69) is 5.32 Å². The molecule has 0 unspecified atom stereocenters. The van der Waals surface area contributed by atoms with Crippen molar-refractivity contribution in [1.82, 2.24) is 0 Å². The molecule has 1 atom stereocenters. The van der Waals surface area contributed by atoms with E-state index in [9.17, 15) is 19.3 Å². The Morgan fingerprint density at radius 3 is 2.53 bits per heavy atom. The number of halogens is 1. The lowest BCUT2D eigenvalue weighted by Gasteiger charge is -2.25. The molecule has 1 rings (SSSR count). The molecule has 0 fully saturated rings. The summed E-state index contributed by atoms with van der Waals surface area (Å²) in [5.41, 5.74) is 4.64. The SMILES string of the molecule is CC(C)(C)[C@@H](N)C(=O)Nc1cc(F)ccc1[N+](=O)[O-]. The molecule has 19 heavy (non-hydrogen) atoms. The predicted molar refractivity (Wildman–Crippen MR) is 69.1 cm³/mol. The van der Waals surface area contributed by atoms with Crippen LogP contribution < -0.4 is 11.1 Å². The third-order valence-electron chi connectivity index (χ3n) is 2.63. The van der Waals surface area contributed by atoms with Crippen molar-refractivity contribution in [3.63, 3.8) is 0 Å². The molecule has 0 saturated carbocycles. The molecule has 6 nitrogen and oxygen atoms in total. The van der Waals surface area contributed by atoms with Crippen LogP contribution in [0.3, 0.4) is 0 Å². The van der Waals surface area contributed by atoms with Crippen LogP contribution in [0.15, 0.2) is 18.2 Å². The van der Waals surface area contributed by atoms with Gasteiger partial charge in [0.25, 0.3) is 5.69 Å². The molecule has 1 amide bonds. The van der Waals surface area contributed by atoms with Gasteiger partial charge in [0.1, 0.15) is 11.5 Å². The lowest BCUT2D eigenvalue weighted by atomic mass is 9.87. The second kappa shape index (κ2) is 5.31. The maximum absolute atomic E-state index is 13.1. The third kappa shape index (κ3) is 3.72. The number of benzene rings is 1. The molecule has 7 heteroatoms. The number of carbonyl (C=O) groups is 1. The summed E-state index contributed by atoms with van der Waals surface area (Å²) in [7, 11) is 0. The van der Waals surface area contributed by atoms with Gasteiger partial charge < -0.3 is 11.1 Å². The summed E-state index contributed by atoms with van der Waals surface area (Å²) in [6.07, 6.45) is 0. The summed E-state index contributed by atoms with van der Waals surface area (Å²) in [6.45, 7) is 5.28. The molecule has 0 aliphatic carbocycles. The molecule has 0 aliphatic heterocycles. The van der Waals surface area contributed by atoms with Crippen molar-refractivity contribution in [2.45, 2.75) is 26.8 Å². The van der Waals surface area contributed by atoms with Gasteiger partial charge in [0.05, 0.1) is 11.0 Å². The minimum absolute atomic E-state index is 0.199. The van der Waals surface area contributed by atoms with E-state index >= 15 is 0 Å². The molecular formula is C12H16FN3O3. The summed E-state index contributed by atoms with van der Waals surface area (Å²) in [6, 6.07) is 1.98. The quantitative estimate of drug-likeness (QED) is 0.648. The van der Waals surface area contributed by atoms with E-state index in [0.717, 1.165) is 18.2 Å². The zero-order valence-corrected chi connectivity index (χ0v) is 10.9. The molecule has 3 N–H and O–H groups in total. The number of nitro groups is 1. The lowest BCUT2D eigenvalue weighted by molar-refractivity contribution is -0.384. The van der Waals surface area contributed by atoms with Gasteiger partial charge in [0, 0.05) is 12.1 Å². The van der Waals surface area contributed by atoms with Crippen molar-refractivity contribution in [1.29, 1.82) is 0 Å². The number of hydrogen-bond donors (Lipinski definition) is 2. The first-order valence-corrected chi connectivity index (χ1v) is 5.63. The molecule has 0 bridgehead atoms. The average Bonchev–Trinajstić information content (AvgIpc) is 2.26. The Bertz CT molecular complexity index is 511.